The Kier molecular flexibility index (Phi) is 7.69. The standard InChI is InChI=1S/C9H20N.2H2O/c1-3-7-10(2)8-5-4-6-9-10;;/h3-9H2,1-2H3;2*1H2/q+1;;/p-1. The van der Waals surface area contributed by atoms with Crippen LogP contribution < -0.4 is 0 Å². The lowest BCUT2D eigenvalue weighted by Gasteiger charge is -2.37. The van der Waals surface area contributed by atoms with Crippen molar-refractivity contribution in [2.45, 2.75) is 32.6 Å². The Labute approximate surface area is 75.6 Å². The lowest BCUT2D eigenvalue weighted by molar-refractivity contribution is -0.914. The molecule has 0 aliphatic carbocycles. The molecule has 1 aliphatic rings. The number of nitrogens with zero attached hydrogens (tertiary/aromatic N) is 1. The summed E-state index contributed by atoms with van der Waals surface area (Å²) < 4.78 is 1.34. The first-order valence-corrected chi connectivity index (χ1v) is 4.60. The second-order valence-electron chi connectivity index (χ2n) is 3.85. The van der Waals surface area contributed by atoms with Crippen molar-refractivity contribution < 1.29 is 15.4 Å². The van der Waals surface area contributed by atoms with Gasteiger partial charge in [-0.25, -0.2) is 0 Å². The molecule has 0 aromatic rings. The van der Waals surface area contributed by atoms with E-state index in [-0.39, 0.29) is 11.0 Å². The molecule has 12 heavy (non-hydrogen) atoms. The Morgan fingerprint density at radius 2 is 1.58 bits per heavy atom. The fourth-order valence-corrected chi connectivity index (χ4v) is 2.04. The van der Waals surface area contributed by atoms with Crippen LogP contribution in [0.25, 0.3) is 0 Å². The zero-order valence-corrected chi connectivity index (χ0v) is 8.34. The van der Waals surface area contributed by atoms with Crippen molar-refractivity contribution >= 4 is 0 Å². The highest BCUT2D eigenvalue weighted by Gasteiger charge is 2.22. The molecule has 0 amide bonds. The smallest absolute Gasteiger partial charge is 0.0784 e. The van der Waals surface area contributed by atoms with Gasteiger partial charge in [0.05, 0.1) is 26.7 Å². The van der Waals surface area contributed by atoms with E-state index in [0.29, 0.717) is 0 Å². The Morgan fingerprint density at radius 1 is 1.08 bits per heavy atom. The Bertz CT molecular complexity index is 95.2. The lowest BCUT2D eigenvalue weighted by atomic mass is 10.1. The van der Waals surface area contributed by atoms with Crippen molar-refractivity contribution in [2.75, 3.05) is 26.7 Å². The van der Waals surface area contributed by atoms with E-state index in [1.54, 1.807) is 0 Å². The van der Waals surface area contributed by atoms with E-state index < -0.39 is 0 Å². The summed E-state index contributed by atoms with van der Waals surface area (Å²) in [6, 6.07) is 0. The van der Waals surface area contributed by atoms with Gasteiger partial charge in [0, 0.05) is 0 Å². The molecule has 0 aromatic heterocycles. The topological polar surface area (TPSA) is 61.5 Å². The molecule has 1 aliphatic heterocycles. The van der Waals surface area contributed by atoms with Crippen LogP contribution in [-0.4, -0.2) is 42.1 Å². The molecule has 3 N–H and O–H groups in total. The highest BCUT2D eigenvalue weighted by Crippen LogP contribution is 2.15. The molecule has 0 radical (unpaired) electrons. The predicted octanol–water partition coefficient (Wildman–Crippen LogP) is 1.03. The molecule has 1 fully saturated rings. The van der Waals surface area contributed by atoms with Crippen LogP contribution in [0.15, 0.2) is 0 Å². The van der Waals surface area contributed by atoms with E-state index >= 15 is 0 Å². The van der Waals surface area contributed by atoms with Crippen LogP contribution in [0.2, 0.25) is 0 Å². The number of rotatable bonds is 2. The number of quaternary nitrogens is 1. The largest absolute Gasteiger partial charge is 0.870 e. The summed E-state index contributed by atoms with van der Waals surface area (Å²) in [5.74, 6) is 0. The number of piperidine rings is 1. The fraction of sp³-hybridized carbons (Fsp3) is 1.00. The third-order valence-corrected chi connectivity index (χ3v) is 2.66. The summed E-state index contributed by atoms with van der Waals surface area (Å²) in [4.78, 5) is 0. The molecule has 76 valence electrons. The summed E-state index contributed by atoms with van der Waals surface area (Å²) >= 11 is 0. The summed E-state index contributed by atoms with van der Waals surface area (Å²) in [6.45, 7) is 6.53. The minimum atomic E-state index is 0. The molecule has 1 saturated heterocycles. The van der Waals surface area contributed by atoms with Gasteiger partial charge in [0.2, 0.25) is 0 Å². The van der Waals surface area contributed by atoms with E-state index in [1.807, 2.05) is 0 Å². The molecule has 3 nitrogen and oxygen atoms in total. The Morgan fingerprint density at radius 3 is 2.00 bits per heavy atom. The van der Waals surface area contributed by atoms with Gasteiger partial charge in [-0.2, -0.15) is 0 Å². The van der Waals surface area contributed by atoms with Crippen molar-refractivity contribution in [3.8, 4) is 0 Å². The average Bonchev–Trinajstić information content (AvgIpc) is 1.89. The zero-order valence-electron chi connectivity index (χ0n) is 8.34. The molecule has 0 aromatic carbocycles. The predicted molar refractivity (Wildman–Crippen MR) is 50.5 cm³/mol. The first-order chi connectivity index (χ1) is 4.77. The van der Waals surface area contributed by atoms with Crippen LogP contribution in [0.4, 0.5) is 0 Å². The molecule has 1 heterocycles. The number of likely N-dealkylation sites (tertiary alicyclic amines) is 1. The zero-order chi connectivity index (χ0) is 7.45. The molecule has 0 saturated carbocycles. The summed E-state index contributed by atoms with van der Waals surface area (Å²) in [6.07, 6.45) is 5.72. The van der Waals surface area contributed by atoms with Crippen LogP contribution in [-0.2, 0) is 0 Å². The number of hydrogen-bond acceptors (Lipinski definition) is 1. The van der Waals surface area contributed by atoms with Crippen molar-refractivity contribution in [1.82, 2.24) is 0 Å². The molecule has 0 spiro atoms. The van der Waals surface area contributed by atoms with E-state index in [9.17, 15) is 0 Å². The molecular formula is C9H23NO2. The van der Waals surface area contributed by atoms with Gasteiger partial charge < -0.3 is 15.4 Å². The van der Waals surface area contributed by atoms with Gasteiger partial charge in [-0.1, -0.05) is 6.92 Å². The lowest BCUT2D eigenvalue weighted by Crippen LogP contribution is -2.48. The first-order valence-electron chi connectivity index (χ1n) is 4.60. The number of hydrogen-bond donors (Lipinski definition) is 0. The van der Waals surface area contributed by atoms with Crippen LogP contribution in [0, 0.1) is 0 Å². The third-order valence-electron chi connectivity index (χ3n) is 2.66. The maximum atomic E-state index is 2.41. The van der Waals surface area contributed by atoms with Crippen LogP contribution in [0.5, 0.6) is 0 Å². The van der Waals surface area contributed by atoms with E-state index in [1.165, 1.54) is 49.8 Å². The van der Waals surface area contributed by atoms with E-state index in [0.717, 1.165) is 0 Å². The minimum Gasteiger partial charge on any atom is -0.870 e. The molecular weight excluding hydrogens is 154 g/mol. The summed E-state index contributed by atoms with van der Waals surface area (Å²) in [5.41, 5.74) is 0. The highest BCUT2D eigenvalue weighted by molar-refractivity contribution is 4.50. The SMILES string of the molecule is CCC[N+]1(C)CCCCC1.O.[OH-]. The average molecular weight is 177 g/mol. The highest BCUT2D eigenvalue weighted by atomic mass is 16.0. The van der Waals surface area contributed by atoms with Crippen LogP contribution in [0.1, 0.15) is 32.6 Å². The maximum Gasteiger partial charge on any atom is 0.0784 e. The van der Waals surface area contributed by atoms with Gasteiger partial charge in [0.15, 0.2) is 0 Å². The van der Waals surface area contributed by atoms with Gasteiger partial charge in [-0.05, 0) is 25.7 Å². The van der Waals surface area contributed by atoms with Gasteiger partial charge >= 0.3 is 0 Å². The first kappa shape index (κ1) is 14.4. The van der Waals surface area contributed by atoms with Gasteiger partial charge in [0.1, 0.15) is 0 Å². The monoisotopic (exact) mass is 177 g/mol. The van der Waals surface area contributed by atoms with E-state index in [4.69, 9.17) is 0 Å². The minimum absolute atomic E-state index is 0. The third kappa shape index (κ3) is 4.04. The van der Waals surface area contributed by atoms with Crippen molar-refractivity contribution in [3.63, 3.8) is 0 Å². The second kappa shape index (κ2) is 6.40. The van der Waals surface area contributed by atoms with Crippen LogP contribution >= 0.6 is 0 Å². The van der Waals surface area contributed by atoms with Crippen LogP contribution in [0.3, 0.4) is 0 Å². The van der Waals surface area contributed by atoms with Crippen molar-refractivity contribution in [1.29, 1.82) is 0 Å². The summed E-state index contributed by atoms with van der Waals surface area (Å²) in [5, 5.41) is 0. The van der Waals surface area contributed by atoms with Gasteiger partial charge in [-0.3, -0.25) is 0 Å². The normalized spacial score (nSPS) is 20.5. The van der Waals surface area contributed by atoms with Crippen molar-refractivity contribution in [3.05, 3.63) is 0 Å². The molecule has 3 heteroatoms. The fourth-order valence-electron chi connectivity index (χ4n) is 2.04. The summed E-state index contributed by atoms with van der Waals surface area (Å²) in [7, 11) is 2.41. The van der Waals surface area contributed by atoms with Gasteiger partial charge in [-0.15, -0.1) is 0 Å². The second-order valence-corrected chi connectivity index (χ2v) is 3.85. The Balaban J connectivity index is 0. The maximum absolute atomic E-state index is 2.41. The molecule has 1 rings (SSSR count). The van der Waals surface area contributed by atoms with E-state index in [2.05, 4.69) is 14.0 Å². The molecule has 0 atom stereocenters. The quantitative estimate of drug-likeness (QED) is 0.581. The van der Waals surface area contributed by atoms with Crippen molar-refractivity contribution in [2.24, 2.45) is 0 Å². The molecule has 0 unspecified atom stereocenters. The Hall–Kier alpha value is -0.120. The molecule has 0 bridgehead atoms. The van der Waals surface area contributed by atoms with Gasteiger partial charge in [0.25, 0.3) is 0 Å².